The van der Waals surface area contributed by atoms with Crippen LogP contribution in [0.2, 0.25) is 0 Å². The number of nitrogens with one attached hydrogen (secondary N) is 1. The fourth-order valence-electron chi connectivity index (χ4n) is 2.86. The summed E-state index contributed by atoms with van der Waals surface area (Å²) in [5.74, 6) is -0.890. The maximum Gasteiger partial charge on any atom is 0.337 e. The standard InChI is InChI=1S/C18H17BrN2O4/c1-25-18(24)13-10-21(8-9-22)17(23)16(13)20-15-7-3-4-11-12(15)5-2-6-14(11)19/h2-7,20,22H,8-10H2,1H3. The van der Waals surface area contributed by atoms with E-state index < -0.39 is 5.97 Å². The number of halogens is 1. The van der Waals surface area contributed by atoms with E-state index in [0.29, 0.717) is 0 Å². The molecule has 1 heterocycles. The number of rotatable bonds is 5. The van der Waals surface area contributed by atoms with Crippen LogP contribution in [0, 0.1) is 0 Å². The number of ether oxygens (including phenoxy) is 1. The number of carbonyl (C=O) groups excluding carboxylic acids is 2. The highest BCUT2D eigenvalue weighted by molar-refractivity contribution is 9.10. The third kappa shape index (κ3) is 3.25. The van der Waals surface area contributed by atoms with Crippen molar-refractivity contribution in [3.05, 3.63) is 52.1 Å². The first-order valence-corrected chi connectivity index (χ1v) is 8.52. The molecule has 2 aromatic carbocycles. The highest BCUT2D eigenvalue weighted by atomic mass is 79.9. The Labute approximate surface area is 153 Å². The van der Waals surface area contributed by atoms with E-state index in [2.05, 4.69) is 21.2 Å². The van der Waals surface area contributed by atoms with Crippen molar-refractivity contribution in [3.8, 4) is 0 Å². The van der Waals surface area contributed by atoms with Gasteiger partial charge in [-0.05, 0) is 17.5 Å². The van der Waals surface area contributed by atoms with Crippen LogP contribution in [0.1, 0.15) is 0 Å². The summed E-state index contributed by atoms with van der Waals surface area (Å²) in [6, 6.07) is 11.5. The van der Waals surface area contributed by atoms with E-state index in [9.17, 15) is 9.59 Å². The molecule has 1 amide bonds. The lowest BCUT2D eigenvalue weighted by Gasteiger charge is -2.15. The number of hydrogen-bond acceptors (Lipinski definition) is 5. The van der Waals surface area contributed by atoms with E-state index in [1.807, 2.05) is 36.4 Å². The van der Waals surface area contributed by atoms with Gasteiger partial charge in [0.05, 0.1) is 25.8 Å². The molecule has 0 radical (unpaired) electrons. The van der Waals surface area contributed by atoms with E-state index in [1.54, 1.807) is 0 Å². The van der Waals surface area contributed by atoms with Gasteiger partial charge >= 0.3 is 5.97 Å². The second kappa shape index (κ2) is 7.25. The first-order valence-electron chi connectivity index (χ1n) is 7.72. The molecule has 0 saturated heterocycles. The summed E-state index contributed by atoms with van der Waals surface area (Å²) < 4.78 is 5.74. The second-order valence-corrected chi connectivity index (χ2v) is 6.42. The Bertz CT molecular complexity index is 879. The molecule has 1 aliphatic heterocycles. The maximum atomic E-state index is 12.6. The Kier molecular flexibility index (Phi) is 5.06. The van der Waals surface area contributed by atoms with E-state index in [-0.39, 0.29) is 36.9 Å². The van der Waals surface area contributed by atoms with Crippen LogP contribution in [0.4, 0.5) is 5.69 Å². The van der Waals surface area contributed by atoms with Gasteiger partial charge in [-0.1, -0.05) is 40.2 Å². The number of benzene rings is 2. The largest absolute Gasteiger partial charge is 0.466 e. The number of aliphatic hydroxyl groups is 1. The van der Waals surface area contributed by atoms with Crippen LogP contribution in [0.25, 0.3) is 10.8 Å². The molecule has 0 saturated carbocycles. The molecule has 2 N–H and O–H groups in total. The van der Waals surface area contributed by atoms with Crippen LogP contribution in [0.5, 0.6) is 0 Å². The highest BCUT2D eigenvalue weighted by Gasteiger charge is 2.34. The van der Waals surface area contributed by atoms with Crippen molar-refractivity contribution in [2.24, 2.45) is 0 Å². The predicted molar refractivity (Wildman–Crippen MR) is 98.0 cm³/mol. The molecule has 0 fully saturated rings. The van der Waals surface area contributed by atoms with Crippen molar-refractivity contribution >= 4 is 44.3 Å². The number of methoxy groups -OCH3 is 1. The van der Waals surface area contributed by atoms with Crippen LogP contribution in [0.3, 0.4) is 0 Å². The number of hydrogen-bond donors (Lipinski definition) is 2. The van der Waals surface area contributed by atoms with Crippen molar-refractivity contribution in [2.45, 2.75) is 0 Å². The van der Waals surface area contributed by atoms with Gasteiger partial charge in [-0.2, -0.15) is 0 Å². The van der Waals surface area contributed by atoms with Crippen molar-refractivity contribution in [3.63, 3.8) is 0 Å². The predicted octanol–water partition coefficient (Wildman–Crippen LogP) is 2.28. The minimum Gasteiger partial charge on any atom is -0.466 e. The molecule has 0 atom stereocenters. The molecule has 1 aliphatic rings. The summed E-state index contributed by atoms with van der Waals surface area (Å²) >= 11 is 3.52. The Morgan fingerprint density at radius 3 is 2.72 bits per heavy atom. The Balaban J connectivity index is 2.04. The maximum absolute atomic E-state index is 12.6. The fourth-order valence-corrected chi connectivity index (χ4v) is 3.36. The summed E-state index contributed by atoms with van der Waals surface area (Å²) in [5.41, 5.74) is 1.16. The van der Waals surface area contributed by atoms with Gasteiger partial charge in [-0.15, -0.1) is 0 Å². The molecule has 0 unspecified atom stereocenters. The lowest BCUT2D eigenvalue weighted by atomic mass is 10.1. The quantitative estimate of drug-likeness (QED) is 0.747. The topological polar surface area (TPSA) is 78.9 Å². The number of aliphatic hydroxyl groups excluding tert-OH is 1. The van der Waals surface area contributed by atoms with Crippen LogP contribution >= 0.6 is 15.9 Å². The number of carbonyl (C=O) groups is 2. The Morgan fingerprint density at radius 2 is 2.00 bits per heavy atom. The molecule has 2 aromatic rings. The summed E-state index contributed by atoms with van der Waals surface area (Å²) in [4.78, 5) is 26.1. The number of fused-ring (bicyclic) bond motifs is 1. The zero-order valence-electron chi connectivity index (χ0n) is 13.6. The van der Waals surface area contributed by atoms with E-state index in [1.165, 1.54) is 12.0 Å². The molecule has 0 spiro atoms. The molecular weight excluding hydrogens is 388 g/mol. The van der Waals surface area contributed by atoms with Crippen LogP contribution in [0.15, 0.2) is 52.1 Å². The van der Waals surface area contributed by atoms with Gasteiger partial charge in [0.2, 0.25) is 0 Å². The zero-order valence-corrected chi connectivity index (χ0v) is 15.2. The van der Waals surface area contributed by atoms with Gasteiger partial charge in [0.25, 0.3) is 5.91 Å². The number of amides is 1. The van der Waals surface area contributed by atoms with Crippen molar-refractivity contribution in [2.75, 3.05) is 32.1 Å². The first kappa shape index (κ1) is 17.4. The van der Waals surface area contributed by atoms with E-state index >= 15 is 0 Å². The van der Waals surface area contributed by atoms with Gasteiger partial charge in [0.1, 0.15) is 5.70 Å². The molecule has 6 nitrogen and oxygen atoms in total. The van der Waals surface area contributed by atoms with Gasteiger partial charge < -0.3 is 20.1 Å². The van der Waals surface area contributed by atoms with Crippen LogP contribution in [-0.4, -0.2) is 48.7 Å². The van der Waals surface area contributed by atoms with Crippen LogP contribution < -0.4 is 5.32 Å². The molecule has 7 heteroatoms. The van der Waals surface area contributed by atoms with Crippen molar-refractivity contribution in [1.29, 1.82) is 0 Å². The Hall–Kier alpha value is -2.38. The zero-order chi connectivity index (χ0) is 18.0. The van der Waals surface area contributed by atoms with Gasteiger partial charge in [0.15, 0.2) is 0 Å². The molecule has 0 aromatic heterocycles. The fraction of sp³-hybridized carbons (Fsp3) is 0.222. The molecule has 0 bridgehead atoms. The molecule has 130 valence electrons. The third-order valence-electron chi connectivity index (χ3n) is 4.08. The minimum atomic E-state index is -0.558. The number of esters is 1. The van der Waals surface area contributed by atoms with Crippen molar-refractivity contribution in [1.82, 2.24) is 4.90 Å². The molecule has 25 heavy (non-hydrogen) atoms. The summed E-state index contributed by atoms with van der Waals surface area (Å²) in [5, 5.41) is 14.1. The average molecular weight is 405 g/mol. The highest BCUT2D eigenvalue weighted by Crippen LogP contribution is 2.31. The molecular formula is C18H17BrN2O4. The number of nitrogens with zero attached hydrogens (tertiary/aromatic N) is 1. The minimum absolute atomic E-state index is 0.114. The second-order valence-electron chi connectivity index (χ2n) is 5.56. The average Bonchev–Trinajstić information content (AvgIpc) is 2.92. The molecule has 0 aliphatic carbocycles. The summed E-state index contributed by atoms with van der Waals surface area (Å²) in [7, 11) is 1.28. The van der Waals surface area contributed by atoms with E-state index in [0.717, 1.165) is 20.9 Å². The van der Waals surface area contributed by atoms with Gasteiger partial charge in [0, 0.05) is 22.1 Å². The van der Waals surface area contributed by atoms with Crippen molar-refractivity contribution < 1.29 is 19.4 Å². The number of β-amino-alcohol motifs (C(OH)–C–C–N with tert-alkyl or cyclic N) is 1. The van der Waals surface area contributed by atoms with Crippen LogP contribution in [-0.2, 0) is 14.3 Å². The Morgan fingerprint density at radius 1 is 1.28 bits per heavy atom. The third-order valence-corrected chi connectivity index (χ3v) is 4.77. The normalized spacial score (nSPS) is 14.4. The lowest BCUT2D eigenvalue weighted by Crippen LogP contribution is -2.31. The summed E-state index contributed by atoms with van der Waals surface area (Å²) in [6.45, 7) is 0.100. The van der Waals surface area contributed by atoms with E-state index in [4.69, 9.17) is 9.84 Å². The SMILES string of the molecule is COC(=O)C1=C(Nc2cccc3c(Br)cccc23)C(=O)N(CCO)C1. The van der Waals surface area contributed by atoms with Gasteiger partial charge in [-0.3, -0.25) is 4.79 Å². The number of anilines is 1. The first-order chi connectivity index (χ1) is 12.1. The smallest absolute Gasteiger partial charge is 0.337 e. The lowest BCUT2D eigenvalue weighted by molar-refractivity contribution is -0.136. The monoisotopic (exact) mass is 404 g/mol. The summed E-state index contributed by atoms with van der Waals surface area (Å²) in [6.07, 6.45) is 0. The van der Waals surface area contributed by atoms with Gasteiger partial charge in [-0.25, -0.2) is 4.79 Å². The molecule has 3 rings (SSSR count).